The van der Waals surface area contributed by atoms with E-state index in [4.69, 9.17) is 15.0 Å². The fourth-order valence-electron chi connectivity index (χ4n) is 10.1. The molecule has 0 N–H and O–H groups in total. The molecule has 0 radical (unpaired) electrons. The summed E-state index contributed by atoms with van der Waals surface area (Å²) in [6.07, 6.45) is 0. The molecule has 0 saturated heterocycles. The van der Waals surface area contributed by atoms with Gasteiger partial charge in [-0.3, -0.25) is 0 Å². The summed E-state index contributed by atoms with van der Waals surface area (Å²) in [6, 6.07) is 96.0. The smallest absolute Gasteiger partial charge is 0.179 e. The van der Waals surface area contributed by atoms with Crippen LogP contribution in [0.4, 0.5) is 0 Å². The molecule has 0 fully saturated rings. The number of hydrogen-bond acceptors (Lipinski definition) is 3. The van der Waals surface area contributed by atoms with Gasteiger partial charge in [-0.2, -0.15) is 0 Å². The Labute approximate surface area is 397 Å². The summed E-state index contributed by atoms with van der Waals surface area (Å²) in [5.41, 5.74) is 10.5. The number of benzene rings is 10. The molecule has 10 aromatic carbocycles. The maximum atomic E-state index is 5.38. The third-order valence-electron chi connectivity index (χ3n) is 13.2. The lowest BCUT2D eigenvalue weighted by molar-refractivity contribution is 1.07. The van der Waals surface area contributed by atoms with Gasteiger partial charge in [0, 0.05) is 33.2 Å². The van der Waals surface area contributed by atoms with Crippen LogP contribution in [0.3, 0.4) is 0 Å². The van der Waals surface area contributed by atoms with Crippen LogP contribution in [0.15, 0.2) is 267 Å². The zero-order valence-electron chi connectivity index (χ0n) is 37.2. The molecule has 2 heterocycles. The second-order valence-electron chi connectivity index (χ2n) is 17.1. The van der Waals surface area contributed by atoms with Crippen molar-refractivity contribution in [2.24, 2.45) is 0 Å². The van der Waals surface area contributed by atoms with Crippen molar-refractivity contribution < 1.29 is 0 Å². The van der Waals surface area contributed by atoms with Gasteiger partial charge in [0.2, 0.25) is 0 Å². The molecule has 0 unspecified atom stereocenters. The third-order valence-corrected chi connectivity index (χ3v) is 18.0. The fraction of sp³-hybridized carbons (Fsp3) is 0. The molecule has 5 heteroatoms. The summed E-state index contributed by atoms with van der Waals surface area (Å²) in [7, 11) is -2.86. The Morgan fingerprint density at radius 3 is 1.29 bits per heavy atom. The van der Waals surface area contributed by atoms with Crippen LogP contribution in [-0.4, -0.2) is 27.6 Å². The Balaban J connectivity index is 1.14. The van der Waals surface area contributed by atoms with Crippen molar-refractivity contribution in [3.8, 4) is 62.1 Å². The molecule has 4 nitrogen and oxygen atoms in total. The Hall–Kier alpha value is -8.77. The zero-order valence-corrected chi connectivity index (χ0v) is 38.2. The quantitative estimate of drug-likeness (QED) is 0.102. The lowest BCUT2D eigenvalue weighted by Crippen LogP contribution is -2.74. The Kier molecular flexibility index (Phi) is 10.5. The van der Waals surface area contributed by atoms with E-state index < -0.39 is 8.07 Å². The number of para-hydroxylation sites is 1. The van der Waals surface area contributed by atoms with Crippen molar-refractivity contribution >= 4 is 50.6 Å². The molecule has 0 aliphatic carbocycles. The Morgan fingerprint density at radius 2 is 0.721 bits per heavy atom. The van der Waals surface area contributed by atoms with Crippen LogP contribution in [0.5, 0.6) is 0 Å². The standard InChI is InChI=1S/C63H44N4Si/c1-7-22-45(23-8-1)48-38-40-57-56-36-19-20-37-59(56)67(60(57)43-48)50-39-41-55(58(44-50)63-65-61(46-24-9-2-10-25-46)64-62(66-63)47-26-11-3-12-27-47)49-28-21-35-54(42-49)68(51-29-13-4-14-30-51,52-31-15-5-16-32-52)53-33-17-6-18-34-53/h1-44H. The number of hydrogen-bond donors (Lipinski definition) is 0. The first-order valence-electron chi connectivity index (χ1n) is 23.1. The zero-order chi connectivity index (χ0) is 45.3. The summed E-state index contributed by atoms with van der Waals surface area (Å²) >= 11 is 0. The van der Waals surface area contributed by atoms with Crippen LogP contribution in [0.1, 0.15) is 0 Å². The highest BCUT2D eigenvalue weighted by Crippen LogP contribution is 2.39. The van der Waals surface area contributed by atoms with E-state index in [0.29, 0.717) is 17.5 Å². The van der Waals surface area contributed by atoms with Gasteiger partial charge in [-0.05, 0) is 67.3 Å². The first-order valence-corrected chi connectivity index (χ1v) is 25.1. The first-order chi connectivity index (χ1) is 33.7. The number of fused-ring (bicyclic) bond motifs is 3. The molecular weight excluding hydrogens is 841 g/mol. The molecule has 0 amide bonds. The van der Waals surface area contributed by atoms with E-state index in [-0.39, 0.29) is 0 Å². The van der Waals surface area contributed by atoms with Crippen molar-refractivity contribution in [2.75, 3.05) is 0 Å². The molecule has 0 bridgehead atoms. The minimum Gasteiger partial charge on any atom is -0.309 e. The van der Waals surface area contributed by atoms with Gasteiger partial charge < -0.3 is 4.57 Å². The van der Waals surface area contributed by atoms with Crippen molar-refractivity contribution in [2.45, 2.75) is 0 Å². The van der Waals surface area contributed by atoms with E-state index >= 15 is 0 Å². The summed E-state index contributed by atoms with van der Waals surface area (Å²) in [6.45, 7) is 0. The predicted octanol–water partition coefficient (Wildman–Crippen LogP) is 12.7. The van der Waals surface area contributed by atoms with E-state index in [0.717, 1.165) is 50.1 Å². The molecule has 0 aliphatic heterocycles. The average Bonchev–Trinajstić information content (AvgIpc) is 3.76. The first kappa shape index (κ1) is 40.7. The van der Waals surface area contributed by atoms with Crippen molar-refractivity contribution in [1.82, 2.24) is 19.5 Å². The van der Waals surface area contributed by atoms with E-state index in [1.807, 2.05) is 36.4 Å². The largest absolute Gasteiger partial charge is 0.309 e. The average molecular weight is 885 g/mol. The molecule has 68 heavy (non-hydrogen) atoms. The maximum Gasteiger partial charge on any atom is 0.179 e. The summed E-state index contributed by atoms with van der Waals surface area (Å²) < 4.78 is 2.40. The number of nitrogens with zero attached hydrogens (tertiary/aromatic N) is 4. The molecule has 0 aliphatic rings. The second-order valence-corrected chi connectivity index (χ2v) is 21.0. The SMILES string of the molecule is c1ccc(-c2ccc3c4ccccc4n(-c4ccc(-c5cccc([Si](c6ccccc6)(c6ccccc6)c6ccccc6)c5)c(-c5nc(-c6ccccc6)nc(-c6ccccc6)n5)c4)c3c2)cc1. The molecule has 2 aromatic heterocycles. The normalized spacial score (nSPS) is 11.5. The van der Waals surface area contributed by atoms with Crippen LogP contribution in [0.25, 0.3) is 83.9 Å². The van der Waals surface area contributed by atoms with Gasteiger partial charge in [-0.15, -0.1) is 0 Å². The molecule has 12 aromatic rings. The third kappa shape index (κ3) is 7.23. The Bertz CT molecular complexity index is 3560. The molecule has 12 rings (SSSR count). The molecule has 0 saturated carbocycles. The minimum atomic E-state index is -2.86. The van der Waals surface area contributed by atoms with Gasteiger partial charge in [-0.1, -0.05) is 243 Å². The van der Waals surface area contributed by atoms with Crippen LogP contribution in [-0.2, 0) is 0 Å². The van der Waals surface area contributed by atoms with Crippen molar-refractivity contribution in [3.05, 3.63) is 267 Å². The molecule has 320 valence electrons. The number of rotatable bonds is 10. The lowest BCUT2D eigenvalue weighted by atomic mass is 9.98. The van der Waals surface area contributed by atoms with Gasteiger partial charge in [0.15, 0.2) is 25.5 Å². The van der Waals surface area contributed by atoms with E-state index in [1.165, 1.54) is 37.1 Å². The van der Waals surface area contributed by atoms with Crippen molar-refractivity contribution in [3.63, 3.8) is 0 Å². The maximum absolute atomic E-state index is 5.38. The van der Waals surface area contributed by atoms with Gasteiger partial charge >= 0.3 is 0 Å². The van der Waals surface area contributed by atoms with Crippen LogP contribution in [0.2, 0.25) is 0 Å². The minimum absolute atomic E-state index is 0.600. The highest BCUT2D eigenvalue weighted by molar-refractivity contribution is 7.19. The highest BCUT2D eigenvalue weighted by Gasteiger charge is 2.41. The molecule has 0 spiro atoms. The fourth-order valence-corrected chi connectivity index (χ4v) is 14.9. The number of aromatic nitrogens is 4. The van der Waals surface area contributed by atoms with E-state index in [9.17, 15) is 0 Å². The summed E-state index contributed by atoms with van der Waals surface area (Å²) in [5, 5.41) is 7.65. The van der Waals surface area contributed by atoms with Gasteiger partial charge in [0.1, 0.15) is 0 Å². The Morgan fingerprint density at radius 1 is 0.265 bits per heavy atom. The van der Waals surface area contributed by atoms with Gasteiger partial charge in [0.05, 0.1) is 11.0 Å². The monoisotopic (exact) mass is 884 g/mol. The summed E-state index contributed by atoms with van der Waals surface area (Å²) in [5.74, 6) is 1.84. The van der Waals surface area contributed by atoms with Crippen LogP contribution >= 0.6 is 0 Å². The molecular formula is C63H44N4Si. The van der Waals surface area contributed by atoms with E-state index in [2.05, 4.69) is 235 Å². The van der Waals surface area contributed by atoms with E-state index in [1.54, 1.807) is 0 Å². The van der Waals surface area contributed by atoms with Gasteiger partial charge in [-0.25, -0.2) is 15.0 Å². The van der Waals surface area contributed by atoms with Crippen LogP contribution < -0.4 is 20.7 Å². The molecule has 0 atom stereocenters. The highest BCUT2D eigenvalue weighted by atomic mass is 28.3. The predicted molar refractivity (Wildman–Crippen MR) is 285 cm³/mol. The van der Waals surface area contributed by atoms with Gasteiger partial charge in [0.25, 0.3) is 0 Å². The summed E-state index contributed by atoms with van der Waals surface area (Å²) in [4.78, 5) is 15.9. The lowest BCUT2D eigenvalue weighted by Gasteiger charge is -2.34. The topological polar surface area (TPSA) is 43.6 Å². The second kappa shape index (κ2) is 17.6. The van der Waals surface area contributed by atoms with Crippen LogP contribution in [0, 0.1) is 0 Å². The van der Waals surface area contributed by atoms with Crippen molar-refractivity contribution in [1.29, 1.82) is 0 Å².